The predicted molar refractivity (Wildman–Crippen MR) is 107 cm³/mol. The van der Waals surface area contributed by atoms with Crippen LogP contribution in [0.5, 0.6) is 0 Å². The Labute approximate surface area is 164 Å². The molecule has 0 aromatic heterocycles. The van der Waals surface area contributed by atoms with Crippen molar-refractivity contribution in [3.8, 4) is 0 Å². The minimum atomic E-state index is -0.388. The number of hydrogen-bond donors (Lipinski definition) is 3. The second-order valence-corrected chi connectivity index (χ2v) is 5.37. The second-order valence-electron chi connectivity index (χ2n) is 5.37. The minimum Gasteiger partial charge on any atom is -0.379 e. The number of ether oxygens (including phenoxy) is 1. The van der Waals surface area contributed by atoms with Gasteiger partial charge in [-0.2, -0.15) is 0 Å². The molecule has 9 heteroatoms. The summed E-state index contributed by atoms with van der Waals surface area (Å²) < 4.78 is 18.4. The number of halogens is 2. The van der Waals surface area contributed by atoms with Crippen molar-refractivity contribution in [2.75, 3.05) is 58.3 Å². The number of rotatable bonds is 6. The van der Waals surface area contributed by atoms with Crippen LogP contribution in [0.15, 0.2) is 29.3 Å². The van der Waals surface area contributed by atoms with E-state index < -0.39 is 0 Å². The molecule has 0 bridgehead atoms. The smallest absolute Gasteiger partial charge is 0.243 e. The summed E-state index contributed by atoms with van der Waals surface area (Å²) in [5, 5.41) is 8.72. The molecule has 3 N–H and O–H groups in total. The van der Waals surface area contributed by atoms with Crippen molar-refractivity contribution < 1.29 is 13.9 Å². The highest BCUT2D eigenvalue weighted by atomic mass is 127. The largest absolute Gasteiger partial charge is 0.379 e. The summed E-state index contributed by atoms with van der Waals surface area (Å²) in [5.41, 5.74) is 0.428. The molecule has 0 saturated carbocycles. The monoisotopic (exact) mass is 465 g/mol. The topological polar surface area (TPSA) is 78.0 Å². The maximum Gasteiger partial charge on any atom is 0.243 e. The van der Waals surface area contributed by atoms with E-state index in [1.165, 1.54) is 12.1 Å². The highest BCUT2D eigenvalue weighted by Gasteiger charge is 2.10. The van der Waals surface area contributed by atoms with Gasteiger partial charge in [0.2, 0.25) is 5.91 Å². The zero-order valence-corrected chi connectivity index (χ0v) is 16.6. The molecule has 0 aliphatic carbocycles. The highest BCUT2D eigenvalue weighted by molar-refractivity contribution is 14.0. The Kier molecular flexibility index (Phi) is 10.3. The van der Waals surface area contributed by atoms with E-state index in [-0.39, 0.29) is 42.2 Å². The summed E-state index contributed by atoms with van der Waals surface area (Å²) in [6.07, 6.45) is 0. The summed E-state index contributed by atoms with van der Waals surface area (Å²) in [4.78, 5) is 18.2. The molecule has 1 aliphatic rings. The molecule has 1 fully saturated rings. The van der Waals surface area contributed by atoms with Crippen LogP contribution in [-0.2, 0) is 9.53 Å². The van der Waals surface area contributed by atoms with Gasteiger partial charge in [-0.25, -0.2) is 4.39 Å². The van der Waals surface area contributed by atoms with Crippen LogP contribution in [-0.4, -0.2) is 69.8 Å². The normalized spacial score (nSPS) is 15.2. The van der Waals surface area contributed by atoms with Crippen molar-refractivity contribution in [3.63, 3.8) is 0 Å². The molecule has 0 atom stereocenters. The van der Waals surface area contributed by atoms with Crippen LogP contribution in [0.2, 0.25) is 0 Å². The Bertz CT molecular complexity index is 567. The van der Waals surface area contributed by atoms with Crippen molar-refractivity contribution in [1.29, 1.82) is 0 Å². The van der Waals surface area contributed by atoms with E-state index in [4.69, 9.17) is 4.74 Å². The molecule has 2 rings (SSSR count). The number of nitrogens with one attached hydrogen (secondary N) is 3. The first-order valence-electron chi connectivity index (χ1n) is 7.97. The fourth-order valence-electron chi connectivity index (χ4n) is 2.31. The maximum atomic E-state index is 13.1. The van der Waals surface area contributed by atoms with Crippen LogP contribution < -0.4 is 16.0 Å². The van der Waals surface area contributed by atoms with Gasteiger partial charge in [-0.1, -0.05) is 6.07 Å². The Morgan fingerprint density at radius 3 is 2.76 bits per heavy atom. The number of carbonyl (C=O) groups is 1. The van der Waals surface area contributed by atoms with Crippen LogP contribution in [0.25, 0.3) is 0 Å². The number of hydrogen-bond acceptors (Lipinski definition) is 4. The van der Waals surface area contributed by atoms with Crippen LogP contribution in [0.4, 0.5) is 10.1 Å². The molecule has 1 aromatic carbocycles. The first-order valence-corrected chi connectivity index (χ1v) is 7.97. The maximum absolute atomic E-state index is 13.1. The summed E-state index contributed by atoms with van der Waals surface area (Å²) >= 11 is 0. The van der Waals surface area contributed by atoms with E-state index >= 15 is 0 Å². The third-order valence-electron chi connectivity index (χ3n) is 3.57. The van der Waals surface area contributed by atoms with Crippen LogP contribution >= 0.6 is 24.0 Å². The van der Waals surface area contributed by atoms with Crippen molar-refractivity contribution in [2.45, 2.75) is 0 Å². The second kappa shape index (κ2) is 12.0. The number of anilines is 1. The summed E-state index contributed by atoms with van der Waals surface area (Å²) in [5.74, 6) is -0.101. The van der Waals surface area contributed by atoms with Gasteiger partial charge in [0.15, 0.2) is 5.96 Å². The van der Waals surface area contributed by atoms with Gasteiger partial charge in [-0.15, -0.1) is 24.0 Å². The minimum absolute atomic E-state index is 0. The fourth-order valence-corrected chi connectivity index (χ4v) is 2.31. The Hall–Kier alpha value is -1.46. The van der Waals surface area contributed by atoms with Crippen molar-refractivity contribution in [3.05, 3.63) is 30.1 Å². The van der Waals surface area contributed by atoms with Gasteiger partial charge < -0.3 is 20.7 Å². The molecule has 140 valence electrons. The lowest BCUT2D eigenvalue weighted by Crippen LogP contribution is -2.45. The Morgan fingerprint density at radius 1 is 1.32 bits per heavy atom. The van der Waals surface area contributed by atoms with E-state index in [2.05, 4.69) is 25.8 Å². The van der Waals surface area contributed by atoms with Gasteiger partial charge in [0.25, 0.3) is 0 Å². The molecule has 25 heavy (non-hydrogen) atoms. The number of guanidine groups is 1. The summed E-state index contributed by atoms with van der Waals surface area (Å²) in [6, 6.07) is 5.78. The SMILES string of the molecule is CN=C(NCCN1CCOCC1)NCC(=O)Nc1cccc(F)c1.I. The quantitative estimate of drug-likeness (QED) is 0.331. The molecule has 1 amide bonds. The van der Waals surface area contributed by atoms with Crippen LogP contribution in [0, 0.1) is 5.82 Å². The van der Waals surface area contributed by atoms with Crippen LogP contribution in [0.3, 0.4) is 0 Å². The number of aliphatic imine (C=N–C) groups is 1. The number of morpholine rings is 1. The lowest BCUT2D eigenvalue weighted by molar-refractivity contribution is -0.115. The van der Waals surface area contributed by atoms with Gasteiger partial charge in [0, 0.05) is 38.9 Å². The average molecular weight is 465 g/mol. The van der Waals surface area contributed by atoms with Gasteiger partial charge in [-0.05, 0) is 18.2 Å². The lowest BCUT2D eigenvalue weighted by atomic mass is 10.3. The number of nitrogens with zero attached hydrogens (tertiary/aromatic N) is 2. The molecule has 1 saturated heterocycles. The molecule has 0 radical (unpaired) electrons. The van der Waals surface area contributed by atoms with Crippen LogP contribution in [0.1, 0.15) is 0 Å². The number of carbonyl (C=O) groups excluding carboxylic acids is 1. The van der Waals surface area contributed by atoms with Gasteiger partial charge in [0.1, 0.15) is 5.82 Å². The Balaban J connectivity index is 0.00000312. The third-order valence-corrected chi connectivity index (χ3v) is 3.57. The van der Waals surface area contributed by atoms with E-state index in [0.29, 0.717) is 11.6 Å². The number of amides is 1. The summed E-state index contributed by atoms with van der Waals surface area (Å²) in [6.45, 7) is 5.08. The van der Waals surface area contributed by atoms with Gasteiger partial charge in [-0.3, -0.25) is 14.7 Å². The lowest BCUT2D eigenvalue weighted by Gasteiger charge is -2.26. The molecule has 7 nitrogen and oxygen atoms in total. The van der Waals surface area contributed by atoms with E-state index in [9.17, 15) is 9.18 Å². The van der Waals surface area contributed by atoms with E-state index in [1.54, 1.807) is 19.2 Å². The average Bonchev–Trinajstić information content (AvgIpc) is 2.59. The molecule has 1 aromatic rings. The molecular formula is C16H25FIN5O2. The van der Waals surface area contributed by atoms with E-state index in [1.807, 2.05) is 0 Å². The van der Waals surface area contributed by atoms with Crippen molar-refractivity contribution >= 4 is 41.5 Å². The standard InChI is InChI=1S/C16H24FN5O2.HI/c1-18-16(19-5-6-22-7-9-24-10-8-22)20-12-15(23)21-14-4-2-3-13(17)11-14;/h2-4,11H,5-10,12H2,1H3,(H,21,23)(H2,18,19,20);1H. The van der Waals surface area contributed by atoms with Crippen molar-refractivity contribution in [1.82, 2.24) is 15.5 Å². The molecule has 1 aliphatic heterocycles. The number of benzene rings is 1. The highest BCUT2D eigenvalue weighted by Crippen LogP contribution is 2.08. The first kappa shape index (κ1) is 21.6. The van der Waals surface area contributed by atoms with E-state index in [0.717, 1.165) is 39.4 Å². The van der Waals surface area contributed by atoms with Gasteiger partial charge in [0.05, 0.1) is 19.8 Å². The third kappa shape index (κ3) is 8.45. The first-order chi connectivity index (χ1) is 11.7. The Morgan fingerprint density at radius 2 is 2.08 bits per heavy atom. The van der Waals surface area contributed by atoms with Gasteiger partial charge >= 0.3 is 0 Å². The molecular weight excluding hydrogens is 440 g/mol. The molecule has 0 spiro atoms. The molecule has 1 heterocycles. The zero-order chi connectivity index (χ0) is 17.2. The zero-order valence-electron chi connectivity index (χ0n) is 14.3. The fraction of sp³-hybridized carbons (Fsp3) is 0.500. The molecule has 0 unspecified atom stereocenters. The van der Waals surface area contributed by atoms with Crippen molar-refractivity contribution in [2.24, 2.45) is 4.99 Å². The predicted octanol–water partition coefficient (Wildman–Crippen LogP) is 0.879. The summed E-state index contributed by atoms with van der Waals surface area (Å²) in [7, 11) is 1.65.